The van der Waals surface area contributed by atoms with Crippen molar-refractivity contribution in [1.82, 2.24) is 24.4 Å². The number of carbonyl (C=O) groups is 1. The van der Waals surface area contributed by atoms with E-state index in [1.54, 1.807) is 4.52 Å². The molecule has 33 heavy (non-hydrogen) atoms. The highest BCUT2D eigenvalue weighted by atomic mass is 16.2. The summed E-state index contributed by atoms with van der Waals surface area (Å²) in [5, 5.41) is 3.34. The Balaban J connectivity index is 1.31. The Kier molecular flexibility index (Phi) is 5.83. The summed E-state index contributed by atoms with van der Waals surface area (Å²) < 4.78 is 1.62. The lowest BCUT2D eigenvalue weighted by atomic mass is 9.92. The second-order valence-electron chi connectivity index (χ2n) is 9.79. The van der Waals surface area contributed by atoms with Crippen molar-refractivity contribution >= 4 is 11.6 Å². The average Bonchev–Trinajstić information content (AvgIpc) is 3.28. The van der Waals surface area contributed by atoms with Gasteiger partial charge >= 0.3 is 0 Å². The predicted molar refractivity (Wildman–Crippen MR) is 128 cm³/mol. The van der Waals surface area contributed by atoms with E-state index < -0.39 is 0 Å². The molecule has 0 spiro atoms. The summed E-state index contributed by atoms with van der Waals surface area (Å²) in [6.45, 7) is 9.39. The molecule has 1 amide bonds. The van der Waals surface area contributed by atoms with Gasteiger partial charge in [0.1, 0.15) is 0 Å². The van der Waals surface area contributed by atoms with Crippen molar-refractivity contribution in [1.29, 1.82) is 0 Å². The Hall–Kier alpha value is -2.93. The number of aromatic nitrogens is 3. The smallest absolute Gasteiger partial charge is 0.277 e. The van der Waals surface area contributed by atoms with E-state index in [0.29, 0.717) is 24.2 Å². The molecule has 0 radical (unpaired) electrons. The van der Waals surface area contributed by atoms with Crippen molar-refractivity contribution in [3.8, 4) is 0 Å². The summed E-state index contributed by atoms with van der Waals surface area (Å²) in [7, 11) is 0. The minimum absolute atomic E-state index is 0.0240. The van der Waals surface area contributed by atoms with Crippen LogP contribution in [0.15, 0.2) is 41.2 Å². The van der Waals surface area contributed by atoms with Crippen LogP contribution in [0.25, 0.3) is 5.65 Å². The molecule has 0 unspecified atom stereocenters. The number of benzene rings is 1. The molecule has 1 saturated heterocycles. The Labute approximate surface area is 194 Å². The molecular formula is C26H33N5O2. The number of carbonyl (C=O) groups excluding carboxylic acids is 1. The van der Waals surface area contributed by atoms with Crippen LogP contribution in [-0.4, -0.2) is 56.0 Å². The maximum absolute atomic E-state index is 13.2. The number of piperidine rings is 1. The van der Waals surface area contributed by atoms with Crippen LogP contribution in [0.1, 0.15) is 68.0 Å². The predicted octanol–water partition coefficient (Wildman–Crippen LogP) is 3.30. The fraction of sp³-hybridized carbons (Fsp3) is 0.500. The van der Waals surface area contributed by atoms with E-state index >= 15 is 0 Å². The number of aromatic amines is 1. The maximum Gasteiger partial charge on any atom is 0.277 e. The third-order valence-corrected chi connectivity index (χ3v) is 7.46. The number of hydrogen-bond donors (Lipinski definition) is 1. The first-order valence-corrected chi connectivity index (χ1v) is 12.1. The lowest BCUT2D eigenvalue weighted by Crippen LogP contribution is -2.40. The first-order chi connectivity index (χ1) is 15.9. The van der Waals surface area contributed by atoms with Crippen molar-refractivity contribution < 1.29 is 4.79 Å². The van der Waals surface area contributed by atoms with Gasteiger partial charge in [-0.15, -0.1) is 0 Å². The van der Waals surface area contributed by atoms with Crippen LogP contribution in [0, 0.1) is 0 Å². The summed E-state index contributed by atoms with van der Waals surface area (Å²) in [5.74, 6) is 0.360. The van der Waals surface area contributed by atoms with E-state index in [9.17, 15) is 9.59 Å². The molecule has 7 heteroatoms. The second kappa shape index (κ2) is 8.78. The van der Waals surface area contributed by atoms with Crippen molar-refractivity contribution in [2.45, 2.75) is 64.5 Å². The SMILES string of the molecule is CC(C)N1CCc2nc3cc(C4CCN(C(=O)[C@H](C)c5ccccc5)CC4)[nH]n3c(=O)c2C1. The van der Waals surface area contributed by atoms with E-state index in [2.05, 4.69) is 23.8 Å². The van der Waals surface area contributed by atoms with E-state index in [-0.39, 0.29) is 17.4 Å². The van der Waals surface area contributed by atoms with Gasteiger partial charge in [-0.2, -0.15) is 0 Å². The molecule has 2 aliphatic heterocycles. The third kappa shape index (κ3) is 4.10. The Morgan fingerprint density at radius 1 is 1.09 bits per heavy atom. The minimum Gasteiger partial charge on any atom is -0.342 e. The van der Waals surface area contributed by atoms with Crippen molar-refractivity contribution in [2.75, 3.05) is 19.6 Å². The normalized spacial score (nSPS) is 18.6. The van der Waals surface area contributed by atoms with Gasteiger partial charge in [0.2, 0.25) is 5.91 Å². The van der Waals surface area contributed by atoms with Gasteiger partial charge in [-0.1, -0.05) is 30.3 Å². The molecule has 1 N–H and O–H groups in total. The maximum atomic E-state index is 13.2. The molecule has 3 aromatic rings. The summed E-state index contributed by atoms with van der Waals surface area (Å²) in [4.78, 5) is 35.3. The highest BCUT2D eigenvalue weighted by Crippen LogP contribution is 2.29. The quantitative estimate of drug-likeness (QED) is 0.666. The fourth-order valence-corrected chi connectivity index (χ4v) is 5.24. The molecule has 0 aliphatic carbocycles. The zero-order chi connectivity index (χ0) is 23.1. The number of H-pyrrole nitrogens is 1. The van der Waals surface area contributed by atoms with Gasteiger partial charge in [-0.3, -0.25) is 19.6 Å². The van der Waals surface area contributed by atoms with Crippen LogP contribution in [0.3, 0.4) is 0 Å². The molecule has 1 aromatic carbocycles. The largest absolute Gasteiger partial charge is 0.342 e. The molecule has 0 bridgehead atoms. The zero-order valence-electron chi connectivity index (χ0n) is 19.8. The molecule has 5 rings (SSSR count). The van der Waals surface area contributed by atoms with Crippen LogP contribution >= 0.6 is 0 Å². The number of amides is 1. The first kappa shape index (κ1) is 21.9. The van der Waals surface area contributed by atoms with Gasteiger partial charge in [0.15, 0.2) is 5.65 Å². The number of rotatable bonds is 4. The third-order valence-electron chi connectivity index (χ3n) is 7.46. The lowest BCUT2D eigenvalue weighted by Gasteiger charge is -2.33. The molecule has 2 aliphatic rings. The molecule has 1 fully saturated rings. The van der Waals surface area contributed by atoms with Crippen molar-refractivity contribution in [3.05, 3.63) is 69.3 Å². The van der Waals surface area contributed by atoms with Crippen LogP contribution in [-0.2, 0) is 17.8 Å². The molecule has 2 aromatic heterocycles. The number of nitrogens with one attached hydrogen (secondary N) is 1. The number of likely N-dealkylation sites (tertiary alicyclic amines) is 1. The molecule has 1 atom stereocenters. The van der Waals surface area contributed by atoms with E-state index in [0.717, 1.165) is 61.4 Å². The first-order valence-electron chi connectivity index (χ1n) is 12.1. The average molecular weight is 448 g/mol. The van der Waals surface area contributed by atoms with Crippen LogP contribution in [0.4, 0.5) is 0 Å². The topological polar surface area (TPSA) is 73.7 Å². The van der Waals surface area contributed by atoms with Crippen molar-refractivity contribution in [2.24, 2.45) is 0 Å². The van der Waals surface area contributed by atoms with Crippen molar-refractivity contribution in [3.63, 3.8) is 0 Å². The monoisotopic (exact) mass is 447 g/mol. The van der Waals surface area contributed by atoms with Gasteiger partial charge in [-0.05, 0) is 39.2 Å². The molecular weight excluding hydrogens is 414 g/mol. The molecule has 0 saturated carbocycles. The Bertz CT molecular complexity index is 1200. The molecule has 4 heterocycles. The Morgan fingerprint density at radius 3 is 2.52 bits per heavy atom. The minimum atomic E-state index is -0.129. The Morgan fingerprint density at radius 2 is 1.82 bits per heavy atom. The molecule has 174 valence electrons. The highest BCUT2D eigenvalue weighted by molar-refractivity contribution is 5.83. The summed E-state index contributed by atoms with van der Waals surface area (Å²) >= 11 is 0. The van der Waals surface area contributed by atoms with Crippen LogP contribution in [0.2, 0.25) is 0 Å². The van der Waals surface area contributed by atoms with Gasteiger partial charge < -0.3 is 4.90 Å². The number of nitrogens with zero attached hydrogens (tertiary/aromatic N) is 4. The van der Waals surface area contributed by atoms with Crippen LogP contribution < -0.4 is 5.56 Å². The summed E-state index contributed by atoms with van der Waals surface area (Å²) in [5.41, 5.74) is 4.60. The van der Waals surface area contributed by atoms with Gasteiger partial charge in [-0.25, -0.2) is 9.50 Å². The summed E-state index contributed by atoms with van der Waals surface area (Å²) in [6, 6.07) is 12.4. The second-order valence-corrected chi connectivity index (χ2v) is 9.79. The van der Waals surface area contributed by atoms with Gasteiger partial charge in [0, 0.05) is 56.3 Å². The van der Waals surface area contributed by atoms with E-state index in [1.165, 1.54) is 0 Å². The lowest BCUT2D eigenvalue weighted by molar-refractivity contribution is -0.133. The highest BCUT2D eigenvalue weighted by Gasteiger charge is 2.29. The van der Waals surface area contributed by atoms with Crippen LogP contribution in [0.5, 0.6) is 0 Å². The standard InChI is InChI=1S/C26H33N5O2/c1-17(2)30-14-11-22-21(16-30)26(33)31-24(27-22)15-23(28-31)20-9-12-29(13-10-20)25(32)18(3)19-7-5-4-6-8-19/h4-8,15,17-18,20,28H,9-14,16H2,1-3H3/t18-/m1/s1. The summed E-state index contributed by atoms with van der Waals surface area (Å²) in [6.07, 6.45) is 2.59. The molecule has 7 nitrogen and oxygen atoms in total. The zero-order valence-corrected chi connectivity index (χ0v) is 19.8. The van der Waals surface area contributed by atoms with E-state index in [4.69, 9.17) is 4.98 Å². The number of fused-ring (bicyclic) bond motifs is 2. The van der Waals surface area contributed by atoms with E-state index in [1.807, 2.05) is 48.2 Å². The van der Waals surface area contributed by atoms with Gasteiger partial charge in [0.05, 0.1) is 17.2 Å². The van der Waals surface area contributed by atoms with Gasteiger partial charge in [0.25, 0.3) is 5.56 Å². The number of hydrogen-bond acceptors (Lipinski definition) is 4. The fourth-order valence-electron chi connectivity index (χ4n) is 5.24.